The molecule has 0 bridgehead atoms. The fraction of sp³-hybridized carbons (Fsp3) is 0.368. The predicted octanol–water partition coefficient (Wildman–Crippen LogP) is 1.26. The Morgan fingerprint density at radius 3 is 2.82 bits per heavy atom. The lowest BCUT2D eigenvalue weighted by atomic mass is 10.3. The zero-order valence-electron chi connectivity index (χ0n) is 15.8. The Balaban J connectivity index is 1.62. The Labute approximate surface area is 169 Å². The summed E-state index contributed by atoms with van der Waals surface area (Å²) in [5.41, 5.74) is 0.466. The maximum atomic E-state index is 12.5. The van der Waals surface area contributed by atoms with Crippen molar-refractivity contribution in [2.24, 2.45) is 4.99 Å². The highest BCUT2D eigenvalue weighted by atomic mass is 32.2. The van der Waals surface area contributed by atoms with Gasteiger partial charge in [0.05, 0.1) is 16.3 Å². The number of rotatable bonds is 8. The summed E-state index contributed by atoms with van der Waals surface area (Å²) >= 11 is 1.68. The van der Waals surface area contributed by atoms with Gasteiger partial charge in [-0.1, -0.05) is 12.1 Å². The van der Waals surface area contributed by atoms with Crippen LogP contribution in [0.1, 0.15) is 24.6 Å². The number of carbonyl (C=O) groups is 1. The van der Waals surface area contributed by atoms with Crippen molar-refractivity contribution in [3.63, 3.8) is 0 Å². The largest absolute Gasteiger partial charge is 0.323 e. The molecule has 28 heavy (non-hydrogen) atoms. The zero-order valence-corrected chi connectivity index (χ0v) is 17.4. The Kier molecular flexibility index (Phi) is 6.82. The minimum absolute atomic E-state index is 0.109. The molecule has 0 aliphatic carbocycles. The summed E-state index contributed by atoms with van der Waals surface area (Å²) < 4.78 is 27.6. The molecule has 1 amide bonds. The van der Waals surface area contributed by atoms with Crippen molar-refractivity contribution in [1.82, 2.24) is 4.72 Å². The molecule has 7 nitrogen and oxygen atoms in total. The normalized spacial score (nSPS) is 15.1. The van der Waals surface area contributed by atoms with Crippen LogP contribution in [-0.2, 0) is 21.4 Å². The first-order chi connectivity index (χ1) is 13.5. The first kappa shape index (κ1) is 20.5. The van der Waals surface area contributed by atoms with E-state index in [4.69, 9.17) is 0 Å². The Morgan fingerprint density at radius 1 is 1.29 bits per heavy atom. The van der Waals surface area contributed by atoms with Crippen molar-refractivity contribution in [3.05, 3.63) is 46.7 Å². The smallest absolute Gasteiger partial charge is 0.279 e. The number of carbonyl (C=O) groups excluding carboxylic acids is 1. The van der Waals surface area contributed by atoms with E-state index < -0.39 is 10.0 Å². The summed E-state index contributed by atoms with van der Waals surface area (Å²) in [6.45, 7) is 4.63. The molecule has 1 aromatic heterocycles. The number of nitrogens with zero attached hydrogens (tertiary/aromatic N) is 1. The maximum absolute atomic E-state index is 12.5. The number of hydrogen-bond acceptors (Lipinski definition) is 5. The molecule has 0 saturated heterocycles. The van der Waals surface area contributed by atoms with Crippen LogP contribution in [0.3, 0.4) is 0 Å². The van der Waals surface area contributed by atoms with Crippen molar-refractivity contribution >= 4 is 38.8 Å². The number of nitrogens with one attached hydrogen (secondary N) is 3. The van der Waals surface area contributed by atoms with Crippen LogP contribution in [-0.4, -0.2) is 39.8 Å². The Bertz CT molecular complexity index is 940. The number of amidine groups is 1. The number of quaternary nitrogens is 1. The number of anilines is 1. The van der Waals surface area contributed by atoms with Gasteiger partial charge in [0.1, 0.15) is 12.4 Å². The van der Waals surface area contributed by atoms with Crippen LogP contribution in [0.2, 0.25) is 0 Å². The summed E-state index contributed by atoms with van der Waals surface area (Å²) in [6.07, 6.45) is 1.49. The van der Waals surface area contributed by atoms with E-state index in [0.717, 1.165) is 24.4 Å². The fourth-order valence-electron chi connectivity index (χ4n) is 2.98. The summed E-state index contributed by atoms with van der Waals surface area (Å²) in [4.78, 5) is 19.1. The maximum Gasteiger partial charge on any atom is 0.279 e. The van der Waals surface area contributed by atoms with Crippen LogP contribution >= 0.6 is 11.3 Å². The Morgan fingerprint density at radius 2 is 2.14 bits per heavy atom. The van der Waals surface area contributed by atoms with Gasteiger partial charge in [0.15, 0.2) is 6.54 Å². The van der Waals surface area contributed by atoms with E-state index in [1.165, 1.54) is 17.0 Å². The second-order valence-corrected chi connectivity index (χ2v) is 9.36. The second-order valence-electron chi connectivity index (χ2n) is 6.65. The van der Waals surface area contributed by atoms with E-state index in [0.29, 0.717) is 31.0 Å². The summed E-state index contributed by atoms with van der Waals surface area (Å²) in [7, 11) is -3.70. The van der Waals surface area contributed by atoms with Gasteiger partial charge >= 0.3 is 0 Å². The predicted molar refractivity (Wildman–Crippen MR) is 111 cm³/mol. The molecule has 2 aromatic rings. The van der Waals surface area contributed by atoms with Crippen molar-refractivity contribution in [3.8, 4) is 0 Å². The summed E-state index contributed by atoms with van der Waals surface area (Å²) in [5, 5.41) is 4.84. The molecule has 1 aliphatic heterocycles. The van der Waals surface area contributed by atoms with Crippen molar-refractivity contribution in [1.29, 1.82) is 0 Å². The number of likely N-dealkylation sites (N-methyl/N-ethyl adjacent to an activating group) is 1. The molecule has 1 unspecified atom stereocenters. The van der Waals surface area contributed by atoms with Gasteiger partial charge in [-0.2, -0.15) is 0 Å². The molecular formula is C19H25N4O3S2+. The molecule has 1 aromatic carbocycles. The third-order valence-electron chi connectivity index (χ3n) is 4.47. The number of thiophene rings is 1. The molecule has 150 valence electrons. The SMILES string of the molecule is CC[NH+](CC(=O)Nc1cccc(S(=O)(=O)NC2=NCCC2)c1)Cc1cccs1. The van der Waals surface area contributed by atoms with E-state index in [9.17, 15) is 13.2 Å². The molecule has 0 fully saturated rings. The molecule has 1 atom stereocenters. The molecule has 0 saturated carbocycles. The van der Waals surface area contributed by atoms with Gasteiger partial charge in [-0.05, 0) is 43.0 Å². The zero-order chi connectivity index (χ0) is 20.0. The van der Waals surface area contributed by atoms with Gasteiger partial charge in [0.2, 0.25) is 0 Å². The van der Waals surface area contributed by atoms with Crippen molar-refractivity contribution < 1.29 is 18.1 Å². The average molecular weight is 422 g/mol. The number of amides is 1. The highest BCUT2D eigenvalue weighted by molar-refractivity contribution is 7.90. The van der Waals surface area contributed by atoms with Crippen LogP contribution in [0.5, 0.6) is 0 Å². The highest BCUT2D eigenvalue weighted by Crippen LogP contribution is 2.16. The quantitative estimate of drug-likeness (QED) is 0.599. The van der Waals surface area contributed by atoms with Crippen LogP contribution in [0, 0.1) is 0 Å². The van der Waals surface area contributed by atoms with Gasteiger partial charge in [-0.3, -0.25) is 14.5 Å². The molecule has 2 heterocycles. The van der Waals surface area contributed by atoms with Crippen LogP contribution in [0.25, 0.3) is 0 Å². The molecule has 3 N–H and O–H groups in total. The third kappa shape index (κ3) is 5.63. The summed E-state index contributed by atoms with van der Waals surface area (Å²) in [5.74, 6) is 0.348. The Hall–Kier alpha value is -2.23. The van der Waals surface area contributed by atoms with E-state index in [1.54, 1.807) is 23.5 Å². The van der Waals surface area contributed by atoms with Gasteiger partial charge < -0.3 is 10.2 Å². The average Bonchev–Trinajstić information content (AvgIpc) is 3.35. The summed E-state index contributed by atoms with van der Waals surface area (Å²) in [6, 6.07) is 10.4. The molecule has 1 aliphatic rings. The molecule has 0 radical (unpaired) electrons. The minimum Gasteiger partial charge on any atom is -0.323 e. The fourth-order valence-corrected chi connectivity index (χ4v) is 4.89. The number of sulfonamides is 1. The van der Waals surface area contributed by atoms with E-state index in [1.807, 2.05) is 18.4 Å². The molecule has 9 heteroatoms. The van der Waals surface area contributed by atoms with Gasteiger partial charge in [-0.15, -0.1) is 11.3 Å². The minimum atomic E-state index is -3.70. The third-order valence-corrected chi connectivity index (χ3v) is 6.72. The van der Waals surface area contributed by atoms with Crippen LogP contribution in [0.15, 0.2) is 51.7 Å². The lowest BCUT2D eigenvalue weighted by Crippen LogP contribution is -3.11. The first-order valence-corrected chi connectivity index (χ1v) is 11.6. The van der Waals surface area contributed by atoms with Crippen LogP contribution < -0.4 is 14.9 Å². The van der Waals surface area contributed by atoms with Crippen LogP contribution in [0.4, 0.5) is 5.69 Å². The van der Waals surface area contributed by atoms with Crippen molar-refractivity contribution in [2.75, 3.05) is 25.0 Å². The standard InChI is InChI=1S/C19H24N4O3S2/c1-2-23(13-16-7-5-11-27-16)14-19(24)21-15-6-3-8-17(12-15)28(25,26)22-18-9-4-10-20-18/h3,5-8,11-12H,2,4,9-10,13-14H2,1H3,(H,20,22)(H,21,24)/p+1. The molecule has 3 rings (SSSR count). The van der Waals surface area contributed by atoms with Gasteiger partial charge in [0.25, 0.3) is 15.9 Å². The first-order valence-electron chi connectivity index (χ1n) is 9.28. The highest BCUT2D eigenvalue weighted by Gasteiger charge is 2.19. The van der Waals surface area contributed by atoms with E-state index in [-0.39, 0.29) is 10.8 Å². The van der Waals surface area contributed by atoms with Gasteiger partial charge in [-0.25, -0.2) is 8.42 Å². The number of hydrogen-bond donors (Lipinski definition) is 3. The number of benzene rings is 1. The van der Waals surface area contributed by atoms with E-state index >= 15 is 0 Å². The lowest BCUT2D eigenvalue weighted by Gasteiger charge is -2.16. The monoisotopic (exact) mass is 421 g/mol. The van der Waals surface area contributed by atoms with Gasteiger partial charge in [0, 0.05) is 18.7 Å². The molecular weight excluding hydrogens is 396 g/mol. The lowest BCUT2D eigenvalue weighted by molar-refractivity contribution is -0.903. The van der Waals surface area contributed by atoms with Crippen molar-refractivity contribution in [2.45, 2.75) is 31.2 Å². The topological polar surface area (TPSA) is 92.1 Å². The number of aliphatic imine (C=N–C) groups is 1. The second kappa shape index (κ2) is 9.31. The van der Waals surface area contributed by atoms with E-state index in [2.05, 4.69) is 21.1 Å². The molecule has 0 spiro atoms.